The van der Waals surface area contributed by atoms with Gasteiger partial charge >= 0.3 is 0 Å². The second-order valence-corrected chi connectivity index (χ2v) is 5.57. The van der Waals surface area contributed by atoms with Crippen molar-refractivity contribution in [2.45, 2.75) is 32.9 Å². The highest BCUT2D eigenvalue weighted by atomic mass is 35.5. The molecule has 0 aliphatic heterocycles. The number of carbonyl (C=O) groups excluding carboxylic acids is 1. The standard InChI is InChI=1S/C16H26FN3O.ClH/c1-4-12(2)15(18)16(21)19-9-10-20(3)11-13-5-7-14(17)8-6-13;/h5-8,12,15H,4,9-11,18H2,1-3H3,(H,19,21);1H. The third-order valence-corrected chi connectivity index (χ3v) is 3.72. The molecule has 126 valence electrons. The third kappa shape index (κ3) is 7.20. The lowest BCUT2D eigenvalue weighted by Gasteiger charge is -2.20. The Morgan fingerprint density at radius 1 is 1.36 bits per heavy atom. The van der Waals surface area contributed by atoms with E-state index in [9.17, 15) is 9.18 Å². The Morgan fingerprint density at radius 3 is 2.50 bits per heavy atom. The number of halogens is 2. The van der Waals surface area contributed by atoms with Crippen LogP contribution >= 0.6 is 12.4 Å². The van der Waals surface area contributed by atoms with E-state index in [0.29, 0.717) is 13.1 Å². The van der Waals surface area contributed by atoms with Crippen LogP contribution in [0, 0.1) is 11.7 Å². The summed E-state index contributed by atoms with van der Waals surface area (Å²) in [6.07, 6.45) is 0.888. The van der Waals surface area contributed by atoms with E-state index in [1.807, 2.05) is 20.9 Å². The van der Waals surface area contributed by atoms with Gasteiger partial charge in [0.25, 0.3) is 0 Å². The molecule has 0 radical (unpaired) electrons. The van der Waals surface area contributed by atoms with Crippen LogP contribution in [0.2, 0.25) is 0 Å². The lowest BCUT2D eigenvalue weighted by atomic mass is 9.99. The second kappa shape index (κ2) is 10.5. The average molecular weight is 332 g/mol. The molecule has 4 nitrogen and oxygen atoms in total. The number of nitrogens with one attached hydrogen (secondary N) is 1. The van der Waals surface area contributed by atoms with E-state index < -0.39 is 6.04 Å². The van der Waals surface area contributed by atoms with E-state index in [1.54, 1.807) is 12.1 Å². The Kier molecular flexibility index (Phi) is 9.98. The van der Waals surface area contributed by atoms with Gasteiger partial charge in [-0.25, -0.2) is 4.39 Å². The lowest BCUT2D eigenvalue weighted by Crippen LogP contribution is -2.46. The lowest BCUT2D eigenvalue weighted by molar-refractivity contribution is -0.123. The molecular formula is C16H27ClFN3O. The Bertz CT molecular complexity index is 442. The first-order chi connectivity index (χ1) is 9.93. The molecule has 3 N–H and O–H groups in total. The van der Waals surface area contributed by atoms with E-state index in [0.717, 1.165) is 18.5 Å². The van der Waals surface area contributed by atoms with Crippen molar-refractivity contribution in [1.82, 2.24) is 10.2 Å². The molecule has 0 saturated heterocycles. The summed E-state index contributed by atoms with van der Waals surface area (Å²) in [4.78, 5) is 13.9. The summed E-state index contributed by atoms with van der Waals surface area (Å²) >= 11 is 0. The monoisotopic (exact) mass is 331 g/mol. The average Bonchev–Trinajstić information content (AvgIpc) is 2.47. The summed E-state index contributed by atoms with van der Waals surface area (Å²) in [7, 11) is 1.96. The van der Waals surface area contributed by atoms with Crippen LogP contribution in [0.15, 0.2) is 24.3 Å². The topological polar surface area (TPSA) is 58.4 Å². The molecule has 1 rings (SSSR count). The fourth-order valence-electron chi connectivity index (χ4n) is 1.98. The van der Waals surface area contributed by atoms with Crippen LogP contribution < -0.4 is 11.1 Å². The zero-order chi connectivity index (χ0) is 15.8. The Morgan fingerprint density at radius 2 is 1.95 bits per heavy atom. The molecule has 0 aliphatic rings. The van der Waals surface area contributed by atoms with E-state index in [4.69, 9.17) is 5.73 Å². The molecule has 0 fully saturated rings. The van der Waals surface area contributed by atoms with Crippen molar-refractivity contribution in [2.24, 2.45) is 11.7 Å². The van der Waals surface area contributed by atoms with E-state index in [2.05, 4.69) is 10.2 Å². The van der Waals surface area contributed by atoms with Gasteiger partial charge in [0.15, 0.2) is 0 Å². The van der Waals surface area contributed by atoms with E-state index in [1.165, 1.54) is 12.1 Å². The first kappa shape index (κ1) is 20.8. The Balaban J connectivity index is 0.00000441. The first-order valence-corrected chi connectivity index (χ1v) is 7.40. The van der Waals surface area contributed by atoms with E-state index >= 15 is 0 Å². The van der Waals surface area contributed by atoms with Crippen molar-refractivity contribution >= 4 is 18.3 Å². The number of nitrogens with zero attached hydrogens (tertiary/aromatic N) is 1. The van der Waals surface area contributed by atoms with Crippen LogP contribution in [0.5, 0.6) is 0 Å². The van der Waals surface area contributed by atoms with Gasteiger partial charge in [0.2, 0.25) is 5.91 Å². The normalized spacial score (nSPS) is 13.4. The summed E-state index contributed by atoms with van der Waals surface area (Å²) < 4.78 is 12.8. The predicted molar refractivity (Wildman–Crippen MR) is 90.4 cm³/mol. The molecule has 1 aromatic carbocycles. The van der Waals surface area contributed by atoms with E-state index in [-0.39, 0.29) is 30.0 Å². The smallest absolute Gasteiger partial charge is 0.237 e. The molecule has 2 unspecified atom stereocenters. The second-order valence-electron chi connectivity index (χ2n) is 5.57. The maximum Gasteiger partial charge on any atom is 0.237 e. The van der Waals surface area contributed by atoms with Crippen LogP contribution in [0.3, 0.4) is 0 Å². The van der Waals surface area contributed by atoms with Gasteiger partial charge in [-0.3, -0.25) is 4.79 Å². The molecule has 0 heterocycles. The minimum atomic E-state index is -0.447. The number of likely N-dealkylation sites (N-methyl/N-ethyl adjacent to an activating group) is 1. The molecule has 2 atom stereocenters. The Hall–Kier alpha value is -1.17. The van der Waals surface area contributed by atoms with Crippen LogP contribution in [-0.4, -0.2) is 37.0 Å². The molecule has 0 bridgehead atoms. The molecule has 1 aromatic rings. The molecule has 6 heteroatoms. The fraction of sp³-hybridized carbons (Fsp3) is 0.562. The van der Waals surface area contributed by atoms with Gasteiger partial charge in [0, 0.05) is 19.6 Å². The molecular weight excluding hydrogens is 305 g/mol. The zero-order valence-corrected chi connectivity index (χ0v) is 14.3. The van der Waals surface area contributed by atoms with Crippen molar-refractivity contribution in [3.8, 4) is 0 Å². The minimum absolute atomic E-state index is 0. The van der Waals surface area contributed by atoms with Gasteiger partial charge in [0.1, 0.15) is 5.82 Å². The van der Waals surface area contributed by atoms with Crippen LogP contribution in [-0.2, 0) is 11.3 Å². The summed E-state index contributed by atoms with van der Waals surface area (Å²) in [5.41, 5.74) is 6.91. The van der Waals surface area contributed by atoms with Crippen LogP contribution in [0.1, 0.15) is 25.8 Å². The number of nitrogens with two attached hydrogens (primary N) is 1. The largest absolute Gasteiger partial charge is 0.353 e. The predicted octanol–water partition coefficient (Wildman–Crippen LogP) is 2.17. The van der Waals surface area contributed by atoms with Gasteiger partial charge in [0.05, 0.1) is 6.04 Å². The highest BCUT2D eigenvalue weighted by Crippen LogP contribution is 2.06. The minimum Gasteiger partial charge on any atom is -0.353 e. The van der Waals surface area contributed by atoms with Crippen molar-refractivity contribution in [1.29, 1.82) is 0 Å². The van der Waals surface area contributed by atoms with Gasteiger partial charge in [-0.2, -0.15) is 0 Å². The quantitative estimate of drug-likeness (QED) is 0.767. The number of rotatable bonds is 8. The maximum atomic E-state index is 12.8. The summed E-state index contributed by atoms with van der Waals surface area (Å²) in [5, 5.41) is 2.86. The molecule has 0 spiro atoms. The van der Waals surface area contributed by atoms with Crippen molar-refractivity contribution in [2.75, 3.05) is 20.1 Å². The van der Waals surface area contributed by atoms with Gasteiger partial charge in [-0.15, -0.1) is 12.4 Å². The zero-order valence-electron chi connectivity index (χ0n) is 13.5. The molecule has 22 heavy (non-hydrogen) atoms. The van der Waals surface area contributed by atoms with Crippen LogP contribution in [0.4, 0.5) is 4.39 Å². The highest BCUT2D eigenvalue weighted by molar-refractivity contribution is 5.85. The summed E-state index contributed by atoms with van der Waals surface area (Å²) in [6, 6.07) is 6.00. The summed E-state index contributed by atoms with van der Waals surface area (Å²) in [5.74, 6) is -0.144. The molecule has 0 saturated carbocycles. The number of hydrogen-bond acceptors (Lipinski definition) is 3. The number of benzene rings is 1. The molecule has 0 aromatic heterocycles. The number of amides is 1. The molecule has 1 amide bonds. The Labute approximate surface area is 138 Å². The van der Waals surface area contributed by atoms with Crippen molar-refractivity contribution in [3.05, 3.63) is 35.6 Å². The van der Waals surface area contributed by atoms with Gasteiger partial charge < -0.3 is 16.0 Å². The maximum absolute atomic E-state index is 12.8. The van der Waals surface area contributed by atoms with Crippen molar-refractivity contribution < 1.29 is 9.18 Å². The summed E-state index contributed by atoms with van der Waals surface area (Å²) in [6.45, 7) is 5.99. The fourth-order valence-corrected chi connectivity index (χ4v) is 1.98. The van der Waals surface area contributed by atoms with Gasteiger partial charge in [-0.1, -0.05) is 32.4 Å². The highest BCUT2D eigenvalue weighted by Gasteiger charge is 2.18. The first-order valence-electron chi connectivity index (χ1n) is 7.40. The SMILES string of the molecule is CCC(C)C(N)C(=O)NCCN(C)Cc1ccc(F)cc1.Cl. The number of carbonyl (C=O) groups is 1. The van der Waals surface area contributed by atoms with Crippen LogP contribution in [0.25, 0.3) is 0 Å². The number of hydrogen-bond donors (Lipinski definition) is 2. The van der Waals surface area contributed by atoms with Crippen molar-refractivity contribution in [3.63, 3.8) is 0 Å². The third-order valence-electron chi connectivity index (χ3n) is 3.72. The molecule has 0 aliphatic carbocycles. The van der Waals surface area contributed by atoms with Gasteiger partial charge in [-0.05, 0) is 30.7 Å².